The highest BCUT2D eigenvalue weighted by molar-refractivity contribution is 5.38. The Morgan fingerprint density at radius 3 is 2.53 bits per heavy atom. The Hall–Kier alpha value is -1.16. The van der Waals surface area contributed by atoms with Crippen LogP contribution in [-0.4, -0.2) is 30.2 Å². The lowest BCUT2D eigenvalue weighted by Gasteiger charge is -2.21. The summed E-state index contributed by atoms with van der Waals surface area (Å²) < 4.78 is 5.20. The fourth-order valence-electron chi connectivity index (χ4n) is 1.74. The molecule has 0 saturated heterocycles. The van der Waals surface area contributed by atoms with Crippen molar-refractivity contribution in [3.05, 3.63) is 17.6 Å². The van der Waals surface area contributed by atoms with E-state index >= 15 is 0 Å². The molecular formula is C15H27N3O. The normalized spacial score (nSPS) is 13.4. The van der Waals surface area contributed by atoms with E-state index in [0.717, 1.165) is 30.3 Å². The van der Waals surface area contributed by atoms with Crippen LogP contribution in [0.25, 0.3) is 0 Å². The zero-order valence-electron chi connectivity index (χ0n) is 13.1. The summed E-state index contributed by atoms with van der Waals surface area (Å²) in [6, 6.07) is 2.05. The molecule has 0 fully saturated rings. The highest BCUT2D eigenvalue weighted by Gasteiger charge is 2.20. The van der Waals surface area contributed by atoms with Crippen LogP contribution in [0, 0.1) is 0 Å². The average molecular weight is 265 g/mol. The summed E-state index contributed by atoms with van der Waals surface area (Å²) in [5.41, 5.74) is 1.09. The molecule has 0 aromatic carbocycles. The second-order valence-electron chi connectivity index (χ2n) is 6.03. The lowest BCUT2D eigenvalue weighted by Crippen LogP contribution is -2.19. The third-order valence-corrected chi connectivity index (χ3v) is 2.93. The topological polar surface area (TPSA) is 47.0 Å². The van der Waals surface area contributed by atoms with Gasteiger partial charge in [-0.2, -0.15) is 0 Å². The van der Waals surface area contributed by atoms with Gasteiger partial charge in [0.25, 0.3) is 0 Å². The Balaban J connectivity index is 3.08. The van der Waals surface area contributed by atoms with Crippen LogP contribution in [0.5, 0.6) is 0 Å². The van der Waals surface area contributed by atoms with Crippen LogP contribution in [0.2, 0.25) is 0 Å². The van der Waals surface area contributed by atoms with Gasteiger partial charge in [0.15, 0.2) is 0 Å². The van der Waals surface area contributed by atoms with E-state index in [0.29, 0.717) is 6.61 Å². The molecule has 1 unspecified atom stereocenters. The van der Waals surface area contributed by atoms with Crippen LogP contribution in [0.1, 0.15) is 58.5 Å². The first-order valence-electron chi connectivity index (χ1n) is 7.00. The van der Waals surface area contributed by atoms with E-state index in [1.807, 2.05) is 0 Å². The summed E-state index contributed by atoms with van der Waals surface area (Å²) in [6.45, 7) is 12.3. The number of anilines is 1. The molecule has 0 saturated carbocycles. The summed E-state index contributed by atoms with van der Waals surface area (Å²) in [4.78, 5) is 9.30. The van der Waals surface area contributed by atoms with E-state index in [1.54, 1.807) is 7.11 Å². The average Bonchev–Trinajstić information content (AvgIpc) is 2.35. The zero-order chi connectivity index (χ0) is 14.5. The molecule has 0 radical (unpaired) electrons. The first kappa shape index (κ1) is 15.9. The van der Waals surface area contributed by atoms with E-state index in [2.05, 4.69) is 51.0 Å². The number of nitrogens with zero attached hydrogens (tertiary/aromatic N) is 2. The Morgan fingerprint density at radius 2 is 2.00 bits per heavy atom. The monoisotopic (exact) mass is 265 g/mol. The molecule has 1 aromatic heterocycles. The van der Waals surface area contributed by atoms with Gasteiger partial charge >= 0.3 is 0 Å². The van der Waals surface area contributed by atoms with E-state index < -0.39 is 0 Å². The molecule has 1 heterocycles. The maximum absolute atomic E-state index is 5.20. The summed E-state index contributed by atoms with van der Waals surface area (Å²) in [5.74, 6) is 1.97. The highest BCUT2D eigenvalue weighted by atomic mass is 16.5. The Morgan fingerprint density at radius 1 is 1.32 bits per heavy atom. The predicted octanol–water partition coefficient (Wildman–Crippen LogP) is 3.35. The van der Waals surface area contributed by atoms with E-state index in [9.17, 15) is 0 Å². The largest absolute Gasteiger partial charge is 0.384 e. The molecule has 0 aliphatic heterocycles. The van der Waals surface area contributed by atoms with Gasteiger partial charge in [-0.15, -0.1) is 0 Å². The minimum Gasteiger partial charge on any atom is -0.384 e. The molecule has 1 N–H and O–H groups in total. The van der Waals surface area contributed by atoms with Crippen LogP contribution < -0.4 is 5.32 Å². The van der Waals surface area contributed by atoms with Crippen molar-refractivity contribution in [2.45, 2.75) is 52.4 Å². The molecule has 0 spiro atoms. The first-order chi connectivity index (χ1) is 8.88. The lowest BCUT2D eigenvalue weighted by atomic mass is 9.91. The van der Waals surface area contributed by atoms with Gasteiger partial charge in [0, 0.05) is 31.1 Å². The molecule has 1 atom stereocenters. The van der Waals surface area contributed by atoms with Crippen LogP contribution in [0.4, 0.5) is 5.82 Å². The third kappa shape index (κ3) is 4.78. The Kier molecular flexibility index (Phi) is 5.73. The maximum atomic E-state index is 5.20. The Labute approximate surface area is 117 Å². The van der Waals surface area contributed by atoms with Crippen LogP contribution in [-0.2, 0) is 10.2 Å². The number of hydrogen-bond acceptors (Lipinski definition) is 4. The fraction of sp³-hybridized carbons (Fsp3) is 0.733. The predicted molar refractivity (Wildman–Crippen MR) is 79.8 cm³/mol. The fourth-order valence-corrected chi connectivity index (χ4v) is 1.74. The molecule has 0 aliphatic carbocycles. The van der Waals surface area contributed by atoms with Gasteiger partial charge in [0.2, 0.25) is 0 Å². The van der Waals surface area contributed by atoms with Crippen molar-refractivity contribution in [2.75, 3.05) is 25.6 Å². The van der Waals surface area contributed by atoms with Gasteiger partial charge in [-0.25, -0.2) is 9.97 Å². The summed E-state index contributed by atoms with van der Waals surface area (Å²) in [7, 11) is 1.71. The van der Waals surface area contributed by atoms with Gasteiger partial charge in [-0.05, 0) is 6.42 Å². The number of nitrogens with one attached hydrogen (secondary N) is 1. The summed E-state index contributed by atoms with van der Waals surface area (Å²) in [6.07, 6.45) is 1.08. The summed E-state index contributed by atoms with van der Waals surface area (Å²) >= 11 is 0. The van der Waals surface area contributed by atoms with Crippen molar-refractivity contribution >= 4 is 5.82 Å². The van der Waals surface area contributed by atoms with Crippen molar-refractivity contribution < 1.29 is 4.74 Å². The van der Waals surface area contributed by atoms with Crippen LogP contribution in [0.15, 0.2) is 6.07 Å². The molecule has 0 bridgehead atoms. The number of ether oxygens (including phenoxy) is 1. The molecule has 0 aliphatic rings. The van der Waals surface area contributed by atoms with E-state index in [1.165, 1.54) is 0 Å². The molecule has 19 heavy (non-hydrogen) atoms. The third-order valence-electron chi connectivity index (χ3n) is 2.93. The van der Waals surface area contributed by atoms with Crippen molar-refractivity contribution in [3.63, 3.8) is 0 Å². The molecule has 108 valence electrons. The van der Waals surface area contributed by atoms with Crippen molar-refractivity contribution in [1.82, 2.24) is 9.97 Å². The van der Waals surface area contributed by atoms with Gasteiger partial charge in [-0.3, -0.25) is 0 Å². The van der Waals surface area contributed by atoms with Crippen molar-refractivity contribution in [1.29, 1.82) is 0 Å². The highest BCUT2D eigenvalue weighted by Crippen LogP contribution is 2.24. The molecular weight excluding hydrogens is 238 g/mol. The van der Waals surface area contributed by atoms with Gasteiger partial charge in [0.1, 0.15) is 11.6 Å². The molecule has 1 aromatic rings. The van der Waals surface area contributed by atoms with Crippen LogP contribution >= 0.6 is 0 Å². The number of methoxy groups -OCH3 is 1. The molecule has 0 amide bonds. The van der Waals surface area contributed by atoms with Crippen molar-refractivity contribution in [3.8, 4) is 0 Å². The second kappa shape index (κ2) is 6.85. The van der Waals surface area contributed by atoms with Gasteiger partial charge < -0.3 is 10.1 Å². The zero-order valence-corrected chi connectivity index (χ0v) is 13.1. The molecule has 4 nitrogen and oxygen atoms in total. The smallest absolute Gasteiger partial charge is 0.136 e. The maximum Gasteiger partial charge on any atom is 0.136 e. The number of rotatable bonds is 6. The van der Waals surface area contributed by atoms with E-state index in [4.69, 9.17) is 9.72 Å². The molecule has 4 heteroatoms. The van der Waals surface area contributed by atoms with Gasteiger partial charge in [0.05, 0.1) is 12.3 Å². The SMILES string of the molecule is CCCNc1cc(C(C)(C)C)nc(C(C)COC)n1. The summed E-state index contributed by atoms with van der Waals surface area (Å²) in [5, 5.41) is 3.35. The lowest BCUT2D eigenvalue weighted by molar-refractivity contribution is 0.181. The standard InChI is InChI=1S/C15H27N3O/c1-7-8-16-13-9-12(15(3,4)5)17-14(18-13)11(2)10-19-6/h9,11H,7-8,10H2,1-6H3,(H,16,17,18). The van der Waals surface area contributed by atoms with E-state index in [-0.39, 0.29) is 11.3 Å². The molecule has 1 rings (SSSR count). The van der Waals surface area contributed by atoms with Crippen LogP contribution in [0.3, 0.4) is 0 Å². The first-order valence-corrected chi connectivity index (χ1v) is 7.00. The Bertz CT molecular complexity index is 399. The minimum absolute atomic E-state index is 0.0210. The quantitative estimate of drug-likeness (QED) is 0.857. The second-order valence-corrected chi connectivity index (χ2v) is 6.03. The minimum atomic E-state index is 0.0210. The van der Waals surface area contributed by atoms with Crippen molar-refractivity contribution in [2.24, 2.45) is 0 Å². The number of hydrogen-bond donors (Lipinski definition) is 1. The number of aromatic nitrogens is 2. The van der Waals surface area contributed by atoms with Gasteiger partial charge in [-0.1, -0.05) is 34.6 Å².